The lowest BCUT2D eigenvalue weighted by Crippen LogP contribution is -2.39. The van der Waals surface area contributed by atoms with E-state index in [9.17, 15) is 75.2 Å². The quantitative estimate of drug-likeness (QED) is 0.0224. The molecule has 0 aliphatic carbocycles. The molecular formula is C57H75N11O17S3. The Morgan fingerprint density at radius 2 is 0.920 bits per heavy atom. The van der Waals surface area contributed by atoms with E-state index in [1.807, 2.05) is 4.90 Å². The first-order valence-corrected chi connectivity index (χ1v) is 32.6. The summed E-state index contributed by atoms with van der Waals surface area (Å²) in [5, 5.41) is 52.0. The summed E-state index contributed by atoms with van der Waals surface area (Å²) in [4.78, 5) is 72.4. The van der Waals surface area contributed by atoms with Gasteiger partial charge in [0.05, 0.1) is 32.8 Å². The number of para-hydroxylation sites is 4. The maximum absolute atomic E-state index is 14.6. The van der Waals surface area contributed by atoms with Gasteiger partial charge in [-0.3, -0.25) is 39.7 Å². The molecule has 0 unspecified atom stereocenters. The van der Waals surface area contributed by atoms with E-state index in [-0.39, 0.29) is 96.7 Å². The predicted molar refractivity (Wildman–Crippen MR) is 324 cm³/mol. The second kappa shape index (κ2) is 31.8. The number of fused-ring (bicyclic) bond motifs is 1. The van der Waals surface area contributed by atoms with Gasteiger partial charge in [-0.15, -0.1) is 0 Å². The maximum Gasteiger partial charge on any atom is 0.419 e. The second-order valence-corrected chi connectivity index (χ2v) is 28.0. The summed E-state index contributed by atoms with van der Waals surface area (Å²) in [6.07, 6.45) is 0.273. The third kappa shape index (κ3) is 20.3. The number of alkyl carbamates (subject to hydrolysis) is 1. The van der Waals surface area contributed by atoms with Gasteiger partial charge in [-0.05, 0) is 123 Å². The Morgan fingerprint density at radius 3 is 1.38 bits per heavy atom. The number of hydrogen-bond acceptors (Lipinski definition) is 19. The monoisotopic (exact) mass is 1280 g/mol. The molecule has 88 heavy (non-hydrogen) atoms. The van der Waals surface area contributed by atoms with Crippen LogP contribution in [0.3, 0.4) is 0 Å². The van der Waals surface area contributed by atoms with Crippen LogP contribution in [0.1, 0.15) is 92.1 Å². The van der Waals surface area contributed by atoms with E-state index in [0.717, 1.165) is 49.3 Å². The lowest BCUT2D eigenvalue weighted by atomic mass is 10.1. The Morgan fingerprint density at radius 1 is 0.534 bits per heavy atom. The van der Waals surface area contributed by atoms with Crippen LogP contribution in [0.4, 0.5) is 26.7 Å². The molecule has 0 atom stereocenters. The van der Waals surface area contributed by atoms with Gasteiger partial charge in [0.2, 0.25) is 36.0 Å². The van der Waals surface area contributed by atoms with Crippen LogP contribution < -0.4 is 10.6 Å². The van der Waals surface area contributed by atoms with Crippen LogP contribution in [0.2, 0.25) is 0 Å². The number of aromatic nitrogens is 1. The minimum absolute atomic E-state index is 0.0106. The fourth-order valence-corrected chi connectivity index (χ4v) is 14.4. The van der Waals surface area contributed by atoms with Crippen LogP contribution in [0.5, 0.6) is 0 Å². The average molecular weight is 1280 g/mol. The molecule has 0 aliphatic heterocycles. The van der Waals surface area contributed by atoms with Crippen molar-refractivity contribution in [2.45, 2.75) is 119 Å². The zero-order valence-electron chi connectivity index (χ0n) is 49.9. The molecule has 478 valence electrons. The molecule has 1 heterocycles. The first kappa shape index (κ1) is 70.8. The fourth-order valence-electron chi connectivity index (χ4n) is 9.35. The highest BCUT2D eigenvalue weighted by molar-refractivity contribution is 7.89. The molecule has 5 rings (SSSR count). The number of benzene rings is 4. The lowest BCUT2D eigenvalue weighted by molar-refractivity contribution is -0.388. The zero-order chi connectivity index (χ0) is 65.0. The topological polar surface area (TPSA) is 367 Å². The minimum atomic E-state index is -4.79. The second-order valence-electron chi connectivity index (χ2n) is 22.2. The highest BCUT2D eigenvalue weighted by Gasteiger charge is 2.36. The molecule has 0 spiro atoms. The molecule has 2 N–H and O–H groups in total. The van der Waals surface area contributed by atoms with Crippen molar-refractivity contribution in [1.29, 1.82) is 5.26 Å². The molecule has 0 radical (unpaired) electrons. The number of ether oxygens (including phenoxy) is 2. The number of rotatable bonds is 34. The van der Waals surface area contributed by atoms with Gasteiger partial charge in [-0.2, -0.15) is 18.2 Å². The summed E-state index contributed by atoms with van der Waals surface area (Å²) in [5.41, 5.74) is -2.62. The Balaban J connectivity index is 1.34. The highest BCUT2D eigenvalue weighted by Crippen LogP contribution is 2.31. The van der Waals surface area contributed by atoms with E-state index in [0.29, 0.717) is 29.4 Å². The third-order valence-electron chi connectivity index (χ3n) is 13.3. The van der Waals surface area contributed by atoms with Gasteiger partial charge in [0.25, 0.3) is 17.1 Å². The molecule has 4 aromatic carbocycles. The summed E-state index contributed by atoms with van der Waals surface area (Å²) in [6.45, 7) is 8.95. The number of hydrogen-bond donors (Lipinski definition) is 2. The molecule has 0 bridgehead atoms. The molecule has 5 aromatic rings. The van der Waals surface area contributed by atoms with Crippen molar-refractivity contribution < 1.29 is 63.9 Å². The molecule has 1 aromatic heterocycles. The van der Waals surface area contributed by atoms with E-state index in [2.05, 4.69) is 16.7 Å². The van der Waals surface area contributed by atoms with Crippen molar-refractivity contribution in [3.05, 3.63) is 139 Å². The van der Waals surface area contributed by atoms with Crippen molar-refractivity contribution in [3.63, 3.8) is 0 Å². The van der Waals surface area contributed by atoms with E-state index < -0.39 is 120 Å². The summed E-state index contributed by atoms with van der Waals surface area (Å²) < 4.78 is 102. The molecule has 28 nitrogen and oxygen atoms in total. The molecule has 0 saturated carbocycles. The summed E-state index contributed by atoms with van der Waals surface area (Å²) in [7, 11) is -14.1. The largest absolute Gasteiger partial charge is 0.444 e. The third-order valence-corrected chi connectivity index (χ3v) is 19.1. The number of nitro groups is 3. The van der Waals surface area contributed by atoms with Crippen molar-refractivity contribution in [2.75, 3.05) is 72.0 Å². The standard InChI is InChI=1S/C57H75N11O17S3/c1-56(2,3)84-54(70)60-32-19-38-62(86(78,79)50-27-12-9-24-47(50)66(72)73)36-15-16-37-63(87(80,81)51-28-13-10-25-48(51)67(74)75)40-21-41-64(88(82,83)52-29-14-11-26-49(52)68(76)77)39-20-35-61(33-17-30-58)34-18-31-59-53(69)42-44-43-65(55(71)85-57(4,5)6)46-23-8-7-22-45(44)46/h7-14,22-29,43H,15-21,31-42H2,1-6H3,(H,59,69)(H,60,70). The van der Waals surface area contributed by atoms with Crippen LogP contribution in [0.15, 0.2) is 118 Å². The maximum atomic E-state index is 14.6. The molecule has 0 aliphatic rings. The van der Waals surface area contributed by atoms with Gasteiger partial charge in [-0.1, -0.05) is 54.6 Å². The smallest absolute Gasteiger partial charge is 0.419 e. The molecule has 2 amide bonds. The number of amides is 2. The Labute approximate surface area is 512 Å². The lowest BCUT2D eigenvalue weighted by Gasteiger charge is -2.27. The van der Waals surface area contributed by atoms with Gasteiger partial charge < -0.3 is 25.0 Å². The first-order valence-electron chi connectivity index (χ1n) is 28.2. The Hall–Kier alpha value is -7.99. The van der Waals surface area contributed by atoms with Crippen molar-refractivity contribution in [3.8, 4) is 6.07 Å². The van der Waals surface area contributed by atoms with Crippen molar-refractivity contribution >= 4 is 76.1 Å². The number of carbonyl (C=O) groups excluding carboxylic acids is 3. The number of nitrogens with zero attached hydrogens (tertiary/aromatic N) is 9. The normalized spacial score (nSPS) is 12.3. The van der Waals surface area contributed by atoms with Crippen LogP contribution >= 0.6 is 0 Å². The number of nitriles is 1. The summed E-state index contributed by atoms with van der Waals surface area (Å²) in [5.74, 6) is -0.325. The van der Waals surface area contributed by atoms with Gasteiger partial charge in [0.1, 0.15) is 11.2 Å². The Bertz CT molecular complexity index is 3670. The fraction of sp³-hybridized carbons (Fsp3) is 0.474. The van der Waals surface area contributed by atoms with Gasteiger partial charge in [-0.25, -0.2) is 34.8 Å². The van der Waals surface area contributed by atoms with Crippen LogP contribution in [-0.2, 0) is 50.8 Å². The van der Waals surface area contributed by atoms with Crippen LogP contribution in [0.25, 0.3) is 10.9 Å². The average Bonchev–Trinajstić information content (AvgIpc) is 3.50. The van der Waals surface area contributed by atoms with Gasteiger partial charge in [0.15, 0.2) is 14.7 Å². The van der Waals surface area contributed by atoms with E-state index in [1.54, 1.807) is 72.0 Å². The molecule has 31 heteroatoms. The highest BCUT2D eigenvalue weighted by atomic mass is 32.2. The zero-order valence-corrected chi connectivity index (χ0v) is 52.4. The number of carbonyl (C=O) groups is 3. The summed E-state index contributed by atoms with van der Waals surface area (Å²) in [6, 6.07) is 23.1. The van der Waals surface area contributed by atoms with Gasteiger partial charge >= 0.3 is 12.2 Å². The number of sulfonamides is 3. The number of nitrogens with one attached hydrogen (secondary N) is 2. The minimum Gasteiger partial charge on any atom is -0.444 e. The predicted octanol–water partition coefficient (Wildman–Crippen LogP) is 7.96. The summed E-state index contributed by atoms with van der Waals surface area (Å²) >= 11 is 0. The van der Waals surface area contributed by atoms with Crippen LogP contribution in [-0.4, -0.2) is 164 Å². The Kier molecular flexibility index (Phi) is 25.6. The molecule has 0 saturated heterocycles. The molecule has 0 fully saturated rings. The van der Waals surface area contributed by atoms with Crippen molar-refractivity contribution in [1.82, 2.24) is 33.0 Å². The van der Waals surface area contributed by atoms with Crippen molar-refractivity contribution in [2.24, 2.45) is 0 Å². The SMILES string of the molecule is CC(C)(C)OC(=O)NCCCN(CCCCN(CCCN(CCCN(CCC#N)CCCNC(=O)Cc1cn(C(=O)OC(C)(C)C)c2ccccc12)S(=O)(=O)c1ccccc1[N+](=O)[O-])S(=O)(=O)c1ccccc1[N+](=O)[O-])S(=O)(=O)c1ccccc1[N+](=O)[O-]. The van der Waals surface area contributed by atoms with E-state index >= 15 is 0 Å². The first-order chi connectivity index (χ1) is 41.4. The number of unbranched alkanes of at least 4 members (excludes halogenated alkanes) is 1. The van der Waals surface area contributed by atoms with Crippen LogP contribution in [0, 0.1) is 41.7 Å². The van der Waals surface area contributed by atoms with E-state index in [1.165, 1.54) is 41.0 Å². The van der Waals surface area contributed by atoms with E-state index in [4.69, 9.17) is 9.47 Å². The van der Waals surface area contributed by atoms with Gasteiger partial charge in [0, 0.05) is 95.1 Å². The molecular weight excluding hydrogens is 1210 g/mol. The number of nitro benzene ring substituents is 3.